The first-order valence-corrected chi connectivity index (χ1v) is 6.86. The van der Waals surface area contributed by atoms with Crippen molar-refractivity contribution in [3.8, 4) is 0 Å². The van der Waals surface area contributed by atoms with Crippen molar-refractivity contribution in [2.24, 2.45) is 0 Å². The molecule has 0 aromatic heterocycles. The Bertz CT molecular complexity index is 352. The Kier molecular flexibility index (Phi) is 5.36. The Labute approximate surface area is 112 Å². The average Bonchev–Trinajstić information content (AvgIpc) is 2.31. The van der Waals surface area contributed by atoms with Crippen LogP contribution in [0.25, 0.3) is 0 Å². The van der Waals surface area contributed by atoms with Crippen molar-refractivity contribution in [2.45, 2.75) is 45.2 Å². The van der Waals surface area contributed by atoms with Gasteiger partial charge in [0.25, 0.3) is 0 Å². The van der Waals surface area contributed by atoms with Gasteiger partial charge in [0, 0.05) is 5.54 Å². The van der Waals surface area contributed by atoms with Crippen molar-refractivity contribution in [2.75, 3.05) is 21.1 Å². The molecule has 0 spiro atoms. The van der Waals surface area contributed by atoms with E-state index in [9.17, 15) is 0 Å². The summed E-state index contributed by atoms with van der Waals surface area (Å²) in [6.07, 6.45) is 2.38. The molecule has 2 nitrogen and oxygen atoms in total. The van der Waals surface area contributed by atoms with Gasteiger partial charge in [-0.05, 0) is 52.5 Å². The molecule has 0 aliphatic carbocycles. The molecular weight excluding hydrogens is 220 g/mol. The van der Waals surface area contributed by atoms with Crippen molar-refractivity contribution in [1.82, 2.24) is 10.2 Å². The van der Waals surface area contributed by atoms with Crippen LogP contribution in [0.1, 0.15) is 44.4 Å². The van der Waals surface area contributed by atoms with Crippen LogP contribution in [0.5, 0.6) is 0 Å². The van der Waals surface area contributed by atoms with Crippen LogP contribution in [0.15, 0.2) is 24.3 Å². The first-order chi connectivity index (χ1) is 8.42. The van der Waals surface area contributed by atoms with Crippen LogP contribution in [-0.2, 0) is 6.42 Å². The zero-order chi connectivity index (χ0) is 13.8. The van der Waals surface area contributed by atoms with E-state index in [4.69, 9.17) is 0 Å². The fraction of sp³-hybridized carbons (Fsp3) is 0.625. The highest BCUT2D eigenvalue weighted by Gasteiger charge is 2.30. The monoisotopic (exact) mass is 248 g/mol. The first kappa shape index (κ1) is 15.2. The molecule has 0 fully saturated rings. The summed E-state index contributed by atoms with van der Waals surface area (Å²) in [6, 6.07) is 9.45. The van der Waals surface area contributed by atoms with E-state index in [0.29, 0.717) is 6.04 Å². The van der Waals surface area contributed by atoms with E-state index in [-0.39, 0.29) is 5.54 Å². The van der Waals surface area contributed by atoms with Gasteiger partial charge in [-0.2, -0.15) is 0 Å². The van der Waals surface area contributed by atoms with Crippen molar-refractivity contribution in [1.29, 1.82) is 0 Å². The number of hydrogen-bond acceptors (Lipinski definition) is 2. The summed E-state index contributed by atoms with van der Waals surface area (Å²) >= 11 is 0. The van der Waals surface area contributed by atoms with Crippen LogP contribution in [-0.4, -0.2) is 31.6 Å². The summed E-state index contributed by atoms with van der Waals surface area (Å²) in [5.74, 6) is 0. The molecule has 0 heterocycles. The molecule has 1 N–H and O–H groups in total. The number of nitrogens with zero attached hydrogens (tertiary/aromatic N) is 1. The van der Waals surface area contributed by atoms with E-state index in [0.717, 1.165) is 0 Å². The molecule has 0 saturated heterocycles. The highest BCUT2D eigenvalue weighted by Crippen LogP contribution is 2.29. The summed E-state index contributed by atoms with van der Waals surface area (Å²) in [5.41, 5.74) is 2.86. The van der Waals surface area contributed by atoms with Crippen LogP contribution in [0, 0.1) is 0 Å². The van der Waals surface area contributed by atoms with E-state index in [1.54, 1.807) is 0 Å². The topological polar surface area (TPSA) is 15.3 Å². The number of hydrogen-bond donors (Lipinski definition) is 1. The van der Waals surface area contributed by atoms with Gasteiger partial charge in [0.15, 0.2) is 0 Å². The van der Waals surface area contributed by atoms with Crippen LogP contribution in [0.4, 0.5) is 0 Å². The Hall–Kier alpha value is -0.860. The minimum atomic E-state index is 0.0514. The fourth-order valence-corrected chi connectivity index (χ4v) is 2.65. The van der Waals surface area contributed by atoms with Crippen LogP contribution >= 0.6 is 0 Å². The summed E-state index contributed by atoms with van der Waals surface area (Å²) in [7, 11) is 6.31. The molecule has 0 bridgehead atoms. The lowest BCUT2D eigenvalue weighted by Crippen LogP contribution is -2.48. The smallest absolute Gasteiger partial charge is 0.0519 e. The zero-order valence-corrected chi connectivity index (χ0v) is 12.7. The molecule has 2 heteroatoms. The molecule has 0 radical (unpaired) electrons. The summed E-state index contributed by atoms with van der Waals surface area (Å²) in [5, 5.41) is 3.42. The minimum absolute atomic E-state index is 0.0514. The third-order valence-corrected chi connectivity index (χ3v) is 3.68. The van der Waals surface area contributed by atoms with E-state index in [1.165, 1.54) is 24.0 Å². The van der Waals surface area contributed by atoms with Gasteiger partial charge in [0.2, 0.25) is 0 Å². The molecule has 0 aliphatic heterocycles. The van der Waals surface area contributed by atoms with Crippen LogP contribution < -0.4 is 5.32 Å². The lowest BCUT2D eigenvalue weighted by Gasteiger charge is -2.39. The fourth-order valence-electron chi connectivity index (χ4n) is 2.65. The Morgan fingerprint density at radius 1 is 1.17 bits per heavy atom. The molecule has 0 amide bonds. The van der Waals surface area contributed by atoms with E-state index < -0.39 is 0 Å². The maximum absolute atomic E-state index is 3.42. The van der Waals surface area contributed by atoms with Gasteiger partial charge in [-0.1, -0.05) is 37.6 Å². The van der Waals surface area contributed by atoms with Gasteiger partial charge in [0.05, 0.1) is 6.04 Å². The van der Waals surface area contributed by atoms with Gasteiger partial charge in [-0.15, -0.1) is 0 Å². The number of rotatable bonds is 6. The van der Waals surface area contributed by atoms with Crippen molar-refractivity contribution in [3.63, 3.8) is 0 Å². The standard InChI is InChI=1S/C16H28N2/c1-7-8-13-9-11-14(12-10-13)15(18(5)6)16(2,3)17-4/h9-12,15,17H,7-8H2,1-6H3. The third kappa shape index (κ3) is 3.56. The second-order valence-corrected chi connectivity index (χ2v) is 5.83. The van der Waals surface area contributed by atoms with Gasteiger partial charge >= 0.3 is 0 Å². The highest BCUT2D eigenvalue weighted by atomic mass is 15.2. The number of benzene rings is 1. The maximum Gasteiger partial charge on any atom is 0.0519 e. The van der Waals surface area contributed by atoms with Crippen molar-refractivity contribution >= 4 is 0 Å². The van der Waals surface area contributed by atoms with Gasteiger partial charge < -0.3 is 10.2 Å². The molecule has 1 aromatic rings. The molecule has 1 atom stereocenters. The molecule has 1 unspecified atom stereocenters. The van der Waals surface area contributed by atoms with Crippen molar-refractivity contribution in [3.05, 3.63) is 35.4 Å². The number of aryl methyl sites for hydroxylation is 1. The minimum Gasteiger partial charge on any atom is -0.313 e. The molecule has 0 saturated carbocycles. The Balaban J connectivity index is 3.00. The van der Waals surface area contributed by atoms with E-state index >= 15 is 0 Å². The van der Waals surface area contributed by atoms with Gasteiger partial charge in [0.1, 0.15) is 0 Å². The van der Waals surface area contributed by atoms with E-state index in [2.05, 4.69) is 69.3 Å². The van der Waals surface area contributed by atoms with E-state index in [1.807, 2.05) is 7.05 Å². The van der Waals surface area contributed by atoms with Crippen LogP contribution in [0.3, 0.4) is 0 Å². The quantitative estimate of drug-likeness (QED) is 0.831. The van der Waals surface area contributed by atoms with Gasteiger partial charge in [-0.25, -0.2) is 0 Å². The third-order valence-electron chi connectivity index (χ3n) is 3.68. The van der Waals surface area contributed by atoms with Crippen LogP contribution in [0.2, 0.25) is 0 Å². The highest BCUT2D eigenvalue weighted by molar-refractivity contribution is 5.27. The summed E-state index contributed by atoms with van der Waals surface area (Å²) < 4.78 is 0. The summed E-state index contributed by atoms with van der Waals surface area (Å²) in [6.45, 7) is 6.72. The second-order valence-electron chi connectivity index (χ2n) is 5.83. The van der Waals surface area contributed by atoms with Gasteiger partial charge in [-0.3, -0.25) is 0 Å². The predicted molar refractivity (Wildman–Crippen MR) is 80.0 cm³/mol. The lowest BCUT2D eigenvalue weighted by atomic mass is 9.87. The van der Waals surface area contributed by atoms with Crippen molar-refractivity contribution < 1.29 is 0 Å². The molecule has 1 aromatic carbocycles. The predicted octanol–water partition coefficient (Wildman–Crippen LogP) is 3.24. The molecule has 0 aliphatic rings. The SMILES string of the molecule is CCCc1ccc(C(N(C)C)C(C)(C)NC)cc1. The molecule has 18 heavy (non-hydrogen) atoms. The zero-order valence-electron chi connectivity index (χ0n) is 12.7. The maximum atomic E-state index is 3.42. The first-order valence-electron chi connectivity index (χ1n) is 6.86. The Morgan fingerprint density at radius 2 is 1.72 bits per heavy atom. The molecular formula is C16H28N2. The number of likely N-dealkylation sites (N-methyl/N-ethyl adjacent to an activating group) is 2. The largest absolute Gasteiger partial charge is 0.313 e. The second kappa shape index (κ2) is 6.35. The lowest BCUT2D eigenvalue weighted by molar-refractivity contribution is 0.177. The molecule has 1 rings (SSSR count). The Morgan fingerprint density at radius 3 is 2.11 bits per heavy atom. The number of nitrogens with one attached hydrogen (secondary N) is 1. The summed E-state index contributed by atoms with van der Waals surface area (Å²) in [4.78, 5) is 2.28. The average molecular weight is 248 g/mol. The molecule has 102 valence electrons. The normalized spacial score (nSPS) is 13.9.